The molecule has 0 fully saturated rings. The molecule has 0 saturated carbocycles. The fourth-order valence-electron chi connectivity index (χ4n) is 1.43. The molecule has 0 heterocycles. The van der Waals surface area contributed by atoms with E-state index in [1.807, 2.05) is 0 Å². The van der Waals surface area contributed by atoms with E-state index in [4.69, 9.17) is 11.6 Å². The highest BCUT2D eigenvalue weighted by Crippen LogP contribution is 2.26. The highest BCUT2D eigenvalue weighted by atomic mass is 35.5. The first-order valence-corrected chi connectivity index (χ1v) is 5.35. The Kier molecular flexibility index (Phi) is 3.48. The molecule has 18 heavy (non-hydrogen) atoms. The Labute approximate surface area is 107 Å². The smallest absolute Gasteiger partial charge is 0.406 e. The van der Waals surface area contributed by atoms with E-state index in [1.54, 1.807) is 18.2 Å². The normalized spacial score (nSPS) is 11.3. The summed E-state index contributed by atoms with van der Waals surface area (Å²) in [5.41, 5.74) is 1.58. The molecule has 1 nitrogen and oxygen atoms in total. The minimum atomic E-state index is -4.67. The molecule has 2 aromatic rings. The third kappa shape index (κ3) is 3.40. The fourth-order valence-corrected chi connectivity index (χ4v) is 1.55. The van der Waals surface area contributed by atoms with Crippen LogP contribution in [0, 0.1) is 6.07 Å². The van der Waals surface area contributed by atoms with Crippen molar-refractivity contribution < 1.29 is 17.9 Å². The Morgan fingerprint density at radius 3 is 2.06 bits per heavy atom. The molecule has 1 radical (unpaired) electrons. The predicted molar refractivity (Wildman–Crippen MR) is 62.4 cm³/mol. The van der Waals surface area contributed by atoms with Crippen molar-refractivity contribution in [2.24, 2.45) is 0 Å². The first-order valence-electron chi connectivity index (χ1n) is 4.97. The molecule has 0 aliphatic heterocycles. The first kappa shape index (κ1) is 12.8. The number of ether oxygens (including phenoxy) is 1. The van der Waals surface area contributed by atoms with E-state index in [2.05, 4.69) is 10.8 Å². The third-order valence-electron chi connectivity index (χ3n) is 2.20. The lowest BCUT2D eigenvalue weighted by molar-refractivity contribution is -0.274. The summed E-state index contributed by atoms with van der Waals surface area (Å²) in [6.07, 6.45) is -4.67. The topological polar surface area (TPSA) is 9.23 Å². The zero-order valence-corrected chi connectivity index (χ0v) is 9.72. The van der Waals surface area contributed by atoms with Crippen molar-refractivity contribution in [1.29, 1.82) is 0 Å². The van der Waals surface area contributed by atoms with E-state index in [0.717, 1.165) is 11.1 Å². The summed E-state index contributed by atoms with van der Waals surface area (Å²) in [6, 6.07) is 13.5. The molecule has 0 atom stereocenters. The van der Waals surface area contributed by atoms with Gasteiger partial charge in [0, 0.05) is 11.1 Å². The monoisotopic (exact) mass is 271 g/mol. The van der Waals surface area contributed by atoms with Gasteiger partial charge in [-0.3, -0.25) is 0 Å². The van der Waals surface area contributed by atoms with E-state index in [1.165, 1.54) is 24.3 Å². The Balaban J connectivity index is 2.20. The van der Waals surface area contributed by atoms with E-state index in [9.17, 15) is 13.2 Å². The van der Waals surface area contributed by atoms with Crippen LogP contribution in [0.25, 0.3) is 11.1 Å². The van der Waals surface area contributed by atoms with Crippen LogP contribution in [0.4, 0.5) is 13.2 Å². The number of hydrogen-bond donors (Lipinski definition) is 0. The molecule has 0 aliphatic rings. The van der Waals surface area contributed by atoms with Gasteiger partial charge in [-0.25, -0.2) is 0 Å². The molecule has 5 heteroatoms. The summed E-state index contributed by atoms with van der Waals surface area (Å²) < 4.78 is 39.7. The van der Waals surface area contributed by atoms with Crippen LogP contribution in [0.1, 0.15) is 0 Å². The maximum atomic E-state index is 12.0. The van der Waals surface area contributed by atoms with Crippen molar-refractivity contribution in [1.82, 2.24) is 0 Å². The van der Waals surface area contributed by atoms with Gasteiger partial charge in [0.15, 0.2) is 0 Å². The second kappa shape index (κ2) is 4.90. The van der Waals surface area contributed by atoms with Crippen LogP contribution in [-0.2, 0) is 0 Å². The average Bonchev–Trinajstić information content (AvgIpc) is 2.29. The quantitative estimate of drug-likeness (QED) is 0.769. The standard InChI is InChI=1S/C13H7ClF3O/c14-11-5-1-9(2-6-11)10-3-7-12(8-4-10)18-13(15,16)17/h1-5,7-8H. The van der Waals surface area contributed by atoms with Gasteiger partial charge < -0.3 is 4.74 Å². The minimum Gasteiger partial charge on any atom is -0.406 e. The SMILES string of the molecule is FC(F)(F)Oc1ccc(-c2c[c]c(Cl)cc2)cc1. The van der Waals surface area contributed by atoms with Crippen molar-refractivity contribution in [2.45, 2.75) is 6.36 Å². The predicted octanol–water partition coefficient (Wildman–Crippen LogP) is 4.71. The van der Waals surface area contributed by atoms with Gasteiger partial charge >= 0.3 is 6.36 Å². The molecule has 0 unspecified atom stereocenters. The van der Waals surface area contributed by atoms with Crippen LogP contribution in [0.15, 0.2) is 42.5 Å². The molecule has 2 rings (SSSR count). The van der Waals surface area contributed by atoms with Gasteiger partial charge in [-0.2, -0.15) is 0 Å². The van der Waals surface area contributed by atoms with Crippen molar-refractivity contribution in [3.63, 3.8) is 0 Å². The third-order valence-corrected chi connectivity index (χ3v) is 2.43. The van der Waals surface area contributed by atoms with E-state index in [-0.39, 0.29) is 5.75 Å². The Bertz CT molecular complexity index is 517. The second-order valence-electron chi connectivity index (χ2n) is 3.50. The Morgan fingerprint density at radius 1 is 0.944 bits per heavy atom. The molecule has 0 saturated heterocycles. The Hall–Kier alpha value is -1.68. The van der Waals surface area contributed by atoms with Crippen LogP contribution in [0.5, 0.6) is 5.75 Å². The lowest BCUT2D eigenvalue weighted by atomic mass is 10.1. The molecule has 0 bridgehead atoms. The van der Waals surface area contributed by atoms with Crippen LogP contribution in [0.3, 0.4) is 0 Å². The number of rotatable bonds is 2. The van der Waals surface area contributed by atoms with Crippen molar-refractivity contribution >= 4 is 11.6 Å². The summed E-state index contributed by atoms with van der Waals surface area (Å²) in [6.45, 7) is 0. The fraction of sp³-hybridized carbons (Fsp3) is 0.0769. The second-order valence-corrected chi connectivity index (χ2v) is 3.90. The molecule has 0 aliphatic carbocycles. The van der Waals surface area contributed by atoms with Gasteiger partial charge in [-0.05, 0) is 35.4 Å². The summed E-state index contributed by atoms with van der Waals surface area (Å²) in [5.74, 6) is -0.246. The van der Waals surface area contributed by atoms with Crippen LogP contribution >= 0.6 is 11.6 Å². The van der Waals surface area contributed by atoms with Gasteiger partial charge in [0.05, 0.1) is 0 Å². The van der Waals surface area contributed by atoms with Gasteiger partial charge in [0.2, 0.25) is 0 Å². The maximum absolute atomic E-state index is 12.0. The zero-order chi connectivity index (χ0) is 13.2. The summed E-state index contributed by atoms with van der Waals surface area (Å²) in [4.78, 5) is 0. The largest absolute Gasteiger partial charge is 0.573 e. The van der Waals surface area contributed by atoms with Crippen LogP contribution < -0.4 is 4.74 Å². The molecule has 0 N–H and O–H groups in total. The first-order chi connectivity index (χ1) is 8.44. The Morgan fingerprint density at radius 2 is 1.56 bits per heavy atom. The molecule has 0 aromatic heterocycles. The van der Waals surface area contributed by atoms with Gasteiger partial charge in [-0.15, -0.1) is 13.2 Å². The molecular formula is C13H7ClF3O. The van der Waals surface area contributed by atoms with Crippen LogP contribution in [0.2, 0.25) is 5.02 Å². The van der Waals surface area contributed by atoms with Crippen molar-refractivity contribution in [2.75, 3.05) is 0 Å². The van der Waals surface area contributed by atoms with Crippen molar-refractivity contribution in [3.05, 3.63) is 53.6 Å². The summed E-state index contributed by atoms with van der Waals surface area (Å²) in [7, 11) is 0. The molecule has 2 aromatic carbocycles. The van der Waals surface area contributed by atoms with Gasteiger partial charge in [0.1, 0.15) is 5.75 Å². The number of halogens is 4. The van der Waals surface area contributed by atoms with E-state index < -0.39 is 6.36 Å². The lowest BCUT2D eigenvalue weighted by Crippen LogP contribution is -2.16. The lowest BCUT2D eigenvalue weighted by Gasteiger charge is -2.09. The number of hydrogen-bond acceptors (Lipinski definition) is 1. The minimum absolute atomic E-state index is 0.246. The highest BCUT2D eigenvalue weighted by Gasteiger charge is 2.30. The van der Waals surface area contributed by atoms with Crippen LogP contribution in [-0.4, -0.2) is 6.36 Å². The number of benzene rings is 2. The van der Waals surface area contributed by atoms with Gasteiger partial charge in [-0.1, -0.05) is 29.8 Å². The zero-order valence-electron chi connectivity index (χ0n) is 8.96. The molecule has 93 valence electrons. The highest BCUT2D eigenvalue weighted by molar-refractivity contribution is 6.30. The average molecular weight is 272 g/mol. The van der Waals surface area contributed by atoms with Gasteiger partial charge in [0.25, 0.3) is 0 Å². The summed E-state index contributed by atoms with van der Waals surface area (Å²) in [5, 5.41) is 0.482. The number of alkyl halides is 3. The van der Waals surface area contributed by atoms with E-state index >= 15 is 0 Å². The molecule has 0 spiro atoms. The van der Waals surface area contributed by atoms with Crippen molar-refractivity contribution in [3.8, 4) is 16.9 Å². The molecule has 0 amide bonds. The maximum Gasteiger partial charge on any atom is 0.573 e. The molecular weight excluding hydrogens is 265 g/mol. The summed E-state index contributed by atoms with van der Waals surface area (Å²) >= 11 is 5.70. The van der Waals surface area contributed by atoms with E-state index in [0.29, 0.717) is 5.02 Å².